The lowest BCUT2D eigenvalue weighted by atomic mass is 10.1. The van der Waals surface area contributed by atoms with E-state index >= 15 is 0 Å². The summed E-state index contributed by atoms with van der Waals surface area (Å²) >= 11 is 0. The second-order valence-corrected chi connectivity index (χ2v) is 5.92. The van der Waals surface area contributed by atoms with Gasteiger partial charge in [0.15, 0.2) is 12.7 Å². The van der Waals surface area contributed by atoms with Crippen molar-refractivity contribution in [1.82, 2.24) is 10.9 Å². The van der Waals surface area contributed by atoms with E-state index in [1.54, 1.807) is 37.3 Å². The zero-order valence-corrected chi connectivity index (χ0v) is 15.4. The van der Waals surface area contributed by atoms with Crippen LogP contribution in [0.15, 0.2) is 42.5 Å². The molecule has 2 amide bonds. The number of carbonyl (C=O) groups excluding carboxylic acids is 2. The maximum absolute atomic E-state index is 12.1. The number of aryl methyl sites for hydroxylation is 1. The summed E-state index contributed by atoms with van der Waals surface area (Å²) in [5.74, 6) is 0.0597. The van der Waals surface area contributed by atoms with E-state index in [9.17, 15) is 9.59 Å². The van der Waals surface area contributed by atoms with Crippen molar-refractivity contribution in [2.75, 3.05) is 6.61 Å². The average Bonchev–Trinajstić information content (AvgIpc) is 2.68. The van der Waals surface area contributed by atoms with Crippen molar-refractivity contribution in [2.24, 2.45) is 0 Å². The maximum Gasteiger partial charge on any atom is 0.279 e. The molecule has 0 aliphatic rings. The normalized spacial score (nSPS) is 11.0. The largest absolute Gasteiger partial charge is 0.484 e. The number of nitrogens with one attached hydrogen (secondary N) is 2. The molecule has 0 fully saturated rings. The Kier molecular flexibility index (Phi) is 6.78. The quantitative estimate of drug-likeness (QED) is 0.762. The van der Waals surface area contributed by atoms with Gasteiger partial charge in [0.05, 0.1) is 11.6 Å². The van der Waals surface area contributed by atoms with Crippen molar-refractivity contribution in [1.29, 1.82) is 5.26 Å². The molecule has 140 valence electrons. The predicted molar refractivity (Wildman–Crippen MR) is 98.9 cm³/mol. The van der Waals surface area contributed by atoms with Crippen LogP contribution in [0, 0.1) is 25.2 Å². The molecule has 0 aliphatic carbocycles. The van der Waals surface area contributed by atoms with Crippen molar-refractivity contribution in [3.05, 3.63) is 59.2 Å². The molecule has 0 radical (unpaired) electrons. The van der Waals surface area contributed by atoms with E-state index in [2.05, 4.69) is 10.9 Å². The van der Waals surface area contributed by atoms with E-state index in [0.29, 0.717) is 17.1 Å². The number of hydrogen-bond donors (Lipinski definition) is 2. The molecule has 0 heterocycles. The first-order valence-electron chi connectivity index (χ1n) is 8.35. The molecule has 2 aromatic rings. The van der Waals surface area contributed by atoms with Gasteiger partial charge in [0.1, 0.15) is 11.5 Å². The molecule has 0 aliphatic heterocycles. The highest BCUT2D eigenvalue weighted by molar-refractivity contribution is 5.85. The van der Waals surface area contributed by atoms with Gasteiger partial charge in [0, 0.05) is 0 Å². The lowest BCUT2D eigenvalue weighted by Gasteiger charge is -2.17. The van der Waals surface area contributed by atoms with Gasteiger partial charge >= 0.3 is 0 Å². The third-order valence-electron chi connectivity index (χ3n) is 3.91. The van der Waals surface area contributed by atoms with Gasteiger partial charge in [0.25, 0.3) is 11.8 Å². The number of hydrogen-bond acceptors (Lipinski definition) is 5. The van der Waals surface area contributed by atoms with Crippen molar-refractivity contribution >= 4 is 11.8 Å². The van der Waals surface area contributed by atoms with E-state index in [-0.39, 0.29) is 6.61 Å². The SMILES string of the molecule is Cc1cccc(O[C@H](C)C(=O)NNC(=O)COc2ccc(C#N)cc2)c1C. The molecule has 0 aromatic heterocycles. The summed E-state index contributed by atoms with van der Waals surface area (Å²) in [7, 11) is 0. The average molecular weight is 367 g/mol. The Balaban J connectivity index is 1.77. The van der Waals surface area contributed by atoms with Gasteiger partial charge < -0.3 is 9.47 Å². The molecule has 2 aromatic carbocycles. The van der Waals surface area contributed by atoms with Crippen LogP contribution in [-0.4, -0.2) is 24.5 Å². The van der Waals surface area contributed by atoms with Crippen LogP contribution >= 0.6 is 0 Å². The summed E-state index contributed by atoms with van der Waals surface area (Å²) < 4.78 is 10.9. The third kappa shape index (κ3) is 5.75. The Labute approximate surface area is 157 Å². The molecule has 0 unspecified atom stereocenters. The van der Waals surface area contributed by atoms with E-state index in [1.165, 1.54) is 0 Å². The minimum atomic E-state index is -0.787. The highest BCUT2D eigenvalue weighted by atomic mass is 16.5. The Hall–Kier alpha value is -3.53. The fourth-order valence-corrected chi connectivity index (χ4v) is 2.14. The van der Waals surface area contributed by atoms with E-state index < -0.39 is 17.9 Å². The number of carbonyl (C=O) groups is 2. The molecule has 1 atom stereocenters. The summed E-state index contributed by atoms with van der Waals surface area (Å²) in [6, 6.07) is 13.9. The van der Waals surface area contributed by atoms with Crippen molar-refractivity contribution in [3.8, 4) is 17.6 Å². The van der Waals surface area contributed by atoms with Crippen LogP contribution in [0.2, 0.25) is 0 Å². The minimum Gasteiger partial charge on any atom is -0.484 e. The predicted octanol–water partition coefficient (Wildman–Crippen LogP) is 2.17. The molecule has 2 N–H and O–H groups in total. The molecule has 0 spiro atoms. The minimum absolute atomic E-state index is 0.279. The zero-order chi connectivity index (χ0) is 19.8. The van der Waals surface area contributed by atoms with E-state index in [1.807, 2.05) is 32.0 Å². The summed E-state index contributed by atoms with van der Waals surface area (Å²) in [5.41, 5.74) is 7.09. The van der Waals surface area contributed by atoms with Crippen molar-refractivity contribution in [2.45, 2.75) is 26.9 Å². The zero-order valence-electron chi connectivity index (χ0n) is 15.4. The topological polar surface area (TPSA) is 100 Å². The fraction of sp³-hybridized carbons (Fsp3) is 0.250. The summed E-state index contributed by atoms with van der Waals surface area (Å²) in [6.07, 6.45) is -0.787. The number of ether oxygens (including phenoxy) is 2. The monoisotopic (exact) mass is 367 g/mol. The Morgan fingerprint density at radius 3 is 2.48 bits per heavy atom. The Morgan fingerprint density at radius 2 is 1.81 bits per heavy atom. The van der Waals surface area contributed by atoms with Crippen LogP contribution in [0.3, 0.4) is 0 Å². The molecule has 0 saturated heterocycles. The molecule has 7 heteroatoms. The van der Waals surface area contributed by atoms with Crippen LogP contribution in [0.5, 0.6) is 11.5 Å². The van der Waals surface area contributed by atoms with E-state index in [4.69, 9.17) is 14.7 Å². The summed E-state index contributed by atoms with van der Waals surface area (Å²) in [4.78, 5) is 23.9. The van der Waals surface area contributed by atoms with Gasteiger partial charge in [0.2, 0.25) is 0 Å². The van der Waals surface area contributed by atoms with Gasteiger partial charge in [-0.05, 0) is 62.2 Å². The molecule has 0 bridgehead atoms. The second kappa shape index (κ2) is 9.25. The number of amides is 2. The summed E-state index contributed by atoms with van der Waals surface area (Å²) in [5, 5.41) is 8.73. The third-order valence-corrected chi connectivity index (χ3v) is 3.91. The van der Waals surface area contributed by atoms with Crippen molar-refractivity contribution < 1.29 is 19.1 Å². The lowest BCUT2D eigenvalue weighted by molar-refractivity contribution is -0.133. The van der Waals surface area contributed by atoms with Crippen LogP contribution in [0.1, 0.15) is 23.6 Å². The highest BCUT2D eigenvalue weighted by Gasteiger charge is 2.16. The van der Waals surface area contributed by atoms with Gasteiger partial charge in [-0.1, -0.05) is 12.1 Å². The lowest BCUT2D eigenvalue weighted by Crippen LogP contribution is -2.48. The van der Waals surface area contributed by atoms with Gasteiger partial charge in [-0.2, -0.15) is 5.26 Å². The number of hydrazine groups is 1. The van der Waals surface area contributed by atoms with Crippen LogP contribution in [0.4, 0.5) is 0 Å². The molecule has 7 nitrogen and oxygen atoms in total. The fourth-order valence-electron chi connectivity index (χ4n) is 2.14. The molecule has 0 saturated carbocycles. The first-order valence-corrected chi connectivity index (χ1v) is 8.35. The van der Waals surface area contributed by atoms with Gasteiger partial charge in [-0.15, -0.1) is 0 Å². The number of nitrogens with zero attached hydrogens (tertiary/aromatic N) is 1. The first-order chi connectivity index (χ1) is 12.9. The van der Waals surface area contributed by atoms with E-state index in [0.717, 1.165) is 11.1 Å². The Bertz CT molecular complexity index is 857. The van der Waals surface area contributed by atoms with Gasteiger partial charge in [-0.25, -0.2) is 0 Å². The molecule has 2 rings (SSSR count). The molecular weight excluding hydrogens is 346 g/mol. The Morgan fingerprint density at radius 1 is 1.11 bits per heavy atom. The van der Waals surface area contributed by atoms with Gasteiger partial charge in [-0.3, -0.25) is 20.4 Å². The number of rotatable bonds is 6. The van der Waals surface area contributed by atoms with Crippen molar-refractivity contribution in [3.63, 3.8) is 0 Å². The standard InChI is InChI=1S/C20H21N3O4/c1-13-5-4-6-18(14(13)2)27-15(3)20(25)23-22-19(24)12-26-17-9-7-16(11-21)8-10-17/h4-10,15H,12H2,1-3H3,(H,22,24)(H,23,25)/t15-/m1/s1. The van der Waals surface area contributed by atoms with Crippen LogP contribution in [0.25, 0.3) is 0 Å². The first kappa shape index (κ1) is 19.8. The molecule has 27 heavy (non-hydrogen) atoms. The molecular formula is C20H21N3O4. The second-order valence-electron chi connectivity index (χ2n) is 5.92. The highest BCUT2D eigenvalue weighted by Crippen LogP contribution is 2.21. The maximum atomic E-state index is 12.1. The smallest absolute Gasteiger partial charge is 0.279 e. The number of nitriles is 1. The number of benzene rings is 2. The summed E-state index contributed by atoms with van der Waals surface area (Å²) in [6.45, 7) is 5.19. The van der Waals surface area contributed by atoms with Crippen LogP contribution in [-0.2, 0) is 9.59 Å². The van der Waals surface area contributed by atoms with Crippen LogP contribution < -0.4 is 20.3 Å².